The van der Waals surface area contributed by atoms with Crippen LogP contribution >= 0.6 is 34.5 Å². The molecule has 2 aromatic carbocycles. The van der Waals surface area contributed by atoms with Crippen LogP contribution in [0.4, 0.5) is 5.69 Å². The molecule has 0 unspecified atom stereocenters. The molecule has 0 aliphatic rings. The van der Waals surface area contributed by atoms with Crippen LogP contribution in [0, 0.1) is 18.3 Å². The fraction of sp³-hybridized carbons (Fsp3) is 0.0526. The van der Waals surface area contributed by atoms with Gasteiger partial charge in [0.05, 0.1) is 5.69 Å². The topological polar surface area (TPSA) is 48.7 Å². The molecule has 25 heavy (non-hydrogen) atoms. The van der Waals surface area contributed by atoms with Gasteiger partial charge in [-0.05, 0) is 36.8 Å². The van der Waals surface area contributed by atoms with Crippen LogP contribution in [0.25, 0.3) is 16.8 Å². The molecule has 1 heterocycles. The lowest BCUT2D eigenvalue weighted by atomic mass is 10.2. The number of benzene rings is 2. The van der Waals surface area contributed by atoms with Crippen LogP contribution in [0.15, 0.2) is 54.0 Å². The van der Waals surface area contributed by atoms with Crippen LogP contribution in [0.5, 0.6) is 0 Å². The van der Waals surface area contributed by atoms with Crippen molar-refractivity contribution in [2.45, 2.75) is 6.92 Å². The molecule has 3 aromatic rings. The van der Waals surface area contributed by atoms with Crippen molar-refractivity contribution in [1.29, 1.82) is 5.26 Å². The van der Waals surface area contributed by atoms with Crippen molar-refractivity contribution in [2.24, 2.45) is 0 Å². The highest BCUT2D eigenvalue weighted by Gasteiger charge is 2.09. The minimum atomic E-state index is 0.460. The van der Waals surface area contributed by atoms with E-state index in [1.807, 2.05) is 54.8 Å². The summed E-state index contributed by atoms with van der Waals surface area (Å²) in [7, 11) is 0. The van der Waals surface area contributed by atoms with Crippen LogP contribution in [0.2, 0.25) is 10.0 Å². The lowest BCUT2D eigenvalue weighted by Crippen LogP contribution is -1.91. The normalized spacial score (nSPS) is 11.2. The summed E-state index contributed by atoms with van der Waals surface area (Å²) in [6.45, 7) is 1.94. The van der Waals surface area contributed by atoms with Crippen LogP contribution in [-0.4, -0.2) is 4.98 Å². The third kappa shape index (κ3) is 4.21. The van der Waals surface area contributed by atoms with Gasteiger partial charge in [-0.3, -0.25) is 0 Å². The number of thiazole rings is 1. The molecule has 0 aliphatic carbocycles. The van der Waals surface area contributed by atoms with Crippen LogP contribution in [-0.2, 0) is 0 Å². The van der Waals surface area contributed by atoms with Gasteiger partial charge in [-0.2, -0.15) is 5.26 Å². The first-order valence-corrected chi connectivity index (χ1v) is 9.05. The number of hydrogen-bond acceptors (Lipinski definition) is 4. The fourth-order valence-electron chi connectivity index (χ4n) is 2.13. The Morgan fingerprint density at radius 1 is 1.20 bits per heavy atom. The first kappa shape index (κ1) is 17.5. The third-order valence-electron chi connectivity index (χ3n) is 3.55. The van der Waals surface area contributed by atoms with Crippen molar-refractivity contribution < 1.29 is 0 Å². The van der Waals surface area contributed by atoms with Gasteiger partial charge in [-0.25, -0.2) is 4.98 Å². The predicted octanol–water partition coefficient (Wildman–Crippen LogP) is 6.40. The second kappa shape index (κ2) is 7.71. The van der Waals surface area contributed by atoms with E-state index in [0.717, 1.165) is 22.5 Å². The molecule has 3 nitrogen and oxygen atoms in total. The molecule has 0 saturated carbocycles. The van der Waals surface area contributed by atoms with Gasteiger partial charge in [0.1, 0.15) is 16.6 Å². The number of aryl methyl sites for hydroxylation is 1. The van der Waals surface area contributed by atoms with E-state index in [1.165, 1.54) is 11.3 Å². The van der Waals surface area contributed by atoms with Gasteiger partial charge in [0, 0.05) is 32.9 Å². The average Bonchev–Trinajstić information content (AvgIpc) is 3.09. The molecule has 0 fully saturated rings. The van der Waals surface area contributed by atoms with E-state index in [0.29, 0.717) is 20.6 Å². The molecule has 0 aliphatic heterocycles. The van der Waals surface area contributed by atoms with Gasteiger partial charge in [0.25, 0.3) is 0 Å². The Kier molecular flexibility index (Phi) is 5.40. The van der Waals surface area contributed by atoms with Crippen molar-refractivity contribution in [3.05, 3.63) is 74.7 Å². The Labute approximate surface area is 160 Å². The van der Waals surface area contributed by atoms with Gasteiger partial charge < -0.3 is 5.32 Å². The van der Waals surface area contributed by atoms with Crippen molar-refractivity contribution in [3.8, 4) is 17.3 Å². The van der Waals surface area contributed by atoms with E-state index in [-0.39, 0.29) is 0 Å². The zero-order chi connectivity index (χ0) is 17.8. The summed E-state index contributed by atoms with van der Waals surface area (Å²) in [6, 6.07) is 15.3. The number of hydrogen-bond donors (Lipinski definition) is 1. The summed E-state index contributed by atoms with van der Waals surface area (Å²) < 4.78 is 0. The number of anilines is 1. The van der Waals surface area contributed by atoms with E-state index in [4.69, 9.17) is 23.2 Å². The molecule has 0 radical (unpaired) electrons. The minimum Gasteiger partial charge on any atom is -0.360 e. The smallest absolute Gasteiger partial charge is 0.136 e. The summed E-state index contributed by atoms with van der Waals surface area (Å²) >= 11 is 13.4. The number of rotatable bonds is 4. The van der Waals surface area contributed by atoms with Crippen LogP contribution < -0.4 is 5.32 Å². The third-order valence-corrected chi connectivity index (χ3v) is 5.08. The van der Waals surface area contributed by atoms with Crippen LogP contribution in [0.1, 0.15) is 10.6 Å². The van der Waals surface area contributed by atoms with Crippen molar-refractivity contribution in [1.82, 2.24) is 4.98 Å². The number of allylic oxidation sites excluding steroid dienone is 1. The van der Waals surface area contributed by atoms with Crippen LogP contribution in [0.3, 0.4) is 0 Å². The fourth-order valence-corrected chi connectivity index (χ4v) is 3.23. The molecule has 1 N–H and O–H groups in total. The van der Waals surface area contributed by atoms with Crippen molar-refractivity contribution >= 4 is 45.8 Å². The molecule has 0 atom stereocenters. The molecule has 124 valence electrons. The largest absolute Gasteiger partial charge is 0.360 e. The standard InChI is InChI=1S/C19H13Cl2N3S/c1-12-2-7-16(8-17(12)21)23-10-14(9-22)19-24-18(11-25-19)13-3-5-15(20)6-4-13/h2-8,10-11,23H,1H3/b14-10+. The SMILES string of the molecule is Cc1ccc(N/C=C(\C#N)c2nc(-c3ccc(Cl)cc3)cs2)cc1Cl. The number of aromatic nitrogens is 1. The highest BCUT2D eigenvalue weighted by molar-refractivity contribution is 7.11. The van der Waals surface area contributed by atoms with E-state index in [9.17, 15) is 5.26 Å². The minimum absolute atomic E-state index is 0.460. The molecule has 0 spiro atoms. The second-order valence-corrected chi connectivity index (χ2v) is 7.02. The zero-order valence-corrected chi connectivity index (χ0v) is 15.6. The number of nitriles is 1. The summed E-state index contributed by atoms with van der Waals surface area (Å²) in [5.74, 6) is 0. The Morgan fingerprint density at radius 2 is 1.96 bits per heavy atom. The Morgan fingerprint density at radius 3 is 2.64 bits per heavy atom. The first-order chi connectivity index (χ1) is 12.1. The second-order valence-electron chi connectivity index (χ2n) is 5.32. The Bertz CT molecular complexity index is 969. The van der Waals surface area contributed by atoms with Gasteiger partial charge in [-0.15, -0.1) is 11.3 Å². The van der Waals surface area contributed by atoms with Gasteiger partial charge >= 0.3 is 0 Å². The molecular weight excluding hydrogens is 373 g/mol. The van der Waals surface area contributed by atoms with E-state index < -0.39 is 0 Å². The zero-order valence-electron chi connectivity index (χ0n) is 13.3. The maximum Gasteiger partial charge on any atom is 0.136 e. The Hall–Kier alpha value is -2.32. The molecule has 1 aromatic heterocycles. The summed E-state index contributed by atoms with van der Waals surface area (Å²) in [4.78, 5) is 4.54. The molecule has 3 rings (SSSR count). The number of nitrogens with zero attached hydrogens (tertiary/aromatic N) is 2. The maximum absolute atomic E-state index is 9.44. The first-order valence-electron chi connectivity index (χ1n) is 7.41. The molecule has 0 amide bonds. The van der Waals surface area contributed by atoms with Gasteiger partial charge in [0.2, 0.25) is 0 Å². The molecule has 0 saturated heterocycles. The Balaban J connectivity index is 1.82. The molecular formula is C19H13Cl2N3S. The molecule has 6 heteroatoms. The quantitative estimate of drug-likeness (QED) is 0.528. The van der Waals surface area contributed by atoms with Crippen molar-refractivity contribution in [2.75, 3.05) is 5.32 Å². The van der Waals surface area contributed by atoms with Crippen molar-refractivity contribution in [3.63, 3.8) is 0 Å². The van der Waals surface area contributed by atoms with Gasteiger partial charge in [-0.1, -0.05) is 41.4 Å². The monoisotopic (exact) mass is 385 g/mol. The molecule has 0 bridgehead atoms. The average molecular weight is 386 g/mol. The van der Waals surface area contributed by atoms with E-state index in [1.54, 1.807) is 6.20 Å². The highest BCUT2D eigenvalue weighted by atomic mass is 35.5. The lowest BCUT2D eigenvalue weighted by molar-refractivity contribution is 1.36. The lowest BCUT2D eigenvalue weighted by Gasteiger charge is -2.04. The van der Waals surface area contributed by atoms with E-state index >= 15 is 0 Å². The van der Waals surface area contributed by atoms with Gasteiger partial charge in [0.15, 0.2) is 0 Å². The maximum atomic E-state index is 9.44. The summed E-state index contributed by atoms with van der Waals surface area (Å²) in [6.07, 6.45) is 1.64. The van der Waals surface area contributed by atoms with E-state index in [2.05, 4.69) is 16.4 Å². The predicted molar refractivity (Wildman–Crippen MR) is 106 cm³/mol. The number of nitrogens with one attached hydrogen (secondary N) is 1. The summed E-state index contributed by atoms with van der Waals surface area (Å²) in [5.41, 5.74) is 4.06. The highest BCUT2D eigenvalue weighted by Crippen LogP contribution is 2.27. The summed E-state index contributed by atoms with van der Waals surface area (Å²) in [5, 5.41) is 16.5. The number of halogens is 2.